The van der Waals surface area contributed by atoms with Gasteiger partial charge in [0.15, 0.2) is 0 Å². The van der Waals surface area contributed by atoms with E-state index in [0.29, 0.717) is 6.54 Å². The number of imidazole rings is 1. The normalized spacial score (nSPS) is 18.0. The Labute approximate surface area is 188 Å². The van der Waals surface area contributed by atoms with Crippen LogP contribution in [0, 0.1) is 0 Å². The molecule has 2 aromatic heterocycles. The van der Waals surface area contributed by atoms with Gasteiger partial charge in [-0.05, 0) is 30.5 Å². The van der Waals surface area contributed by atoms with E-state index in [1.54, 1.807) is 14.0 Å². The Bertz CT molecular complexity index is 1130. The van der Waals surface area contributed by atoms with Crippen LogP contribution in [0.25, 0.3) is 11.3 Å². The van der Waals surface area contributed by atoms with Crippen molar-refractivity contribution < 1.29 is 9.53 Å². The van der Waals surface area contributed by atoms with Gasteiger partial charge in [0.2, 0.25) is 5.91 Å². The number of ether oxygens (including phenoxy) is 1. The number of fused-ring (bicyclic) bond motifs is 2. The Balaban J connectivity index is 1.41. The molecular weight excluding hydrogens is 404 g/mol. The lowest BCUT2D eigenvalue weighted by Crippen LogP contribution is -2.59. The molecule has 32 heavy (non-hydrogen) atoms. The summed E-state index contributed by atoms with van der Waals surface area (Å²) in [7, 11) is 3.62. The molecule has 3 aromatic rings. The maximum Gasteiger partial charge on any atom is 0.220 e. The van der Waals surface area contributed by atoms with Crippen LogP contribution in [0.15, 0.2) is 42.9 Å². The number of carbonyl (C=O) groups is 1. The molecule has 1 amide bonds. The number of likely N-dealkylation sites (tertiary alicyclic amines) is 1. The summed E-state index contributed by atoms with van der Waals surface area (Å²) in [6.45, 7) is 5.86. The molecule has 5 rings (SSSR count). The van der Waals surface area contributed by atoms with E-state index in [1.165, 1.54) is 5.56 Å². The first-order valence-corrected chi connectivity index (χ1v) is 11.2. The molecule has 2 aliphatic rings. The number of rotatable bonds is 4. The summed E-state index contributed by atoms with van der Waals surface area (Å²) in [4.78, 5) is 22.1. The van der Waals surface area contributed by atoms with Crippen LogP contribution >= 0.6 is 0 Å². The molecule has 0 unspecified atom stereocenters. The molecule has 8 nitrogen and oxygen atoms in total. The fraction of sp³-hybridized carbons (Fsp3) is 0.458. The molecule has 4 heterocycles. The quantitative estimate of drug-likeness (QED) is 0.632. The Kier molecular flexibility index (Phi) is 5.25. The maximum absolute atomic E-state index is 12.7. The molecule has 1 spiro atoms. The van der Waals surface area contributed by atoms with Gasteiger partial charge < -0.3 is 14.2 Å². The van der Waals surface area contributed by atoms with Crippen molar-refractivity contribution in [3.05, 3.63) is 54.2 Å². The third kappa shape index (κ3) is 3.48. The van der Waals surface area contributed by atoms with E-state index in [0.717, 1.165) is 61.9 Å². The molecule has 0 radical (unpaired) electrons. The van der Waals surface area contributed by atoms with Gasteiger partial charge in [0, 0.05) is 58.5 Å². The van der Waals surface area contributed by atoms with E-state index >= 15 is 0 Å². The predicted octanol–water partition coefficient (Wildman–Crippen LogP) is 2.65. The van der Waals surface area contributed by atoms with Gasteiger partial charge in [-0.1, -0.05) is 12.1 Å². The van der Waals surface area contributed by atoms with E-state index in [-0.39, 0.29) is 11.4 Å². The van der Waals surface area contributed by atoms with E-state index in [4.69, 9.17) is 9.72 Å². The lowest BCUT2D eigenvalue weighted by molar-refractivity contribution is -0.141. The first kappa shape index (κ1) is 20.8. The molecule has 8 heteroatoms. The van der Waals surface area contributed by atoms with Crippen LogP contribution in [0.3, 0.4) is 0 Å². The smallest absolute Gasteiger partial charge is 0.220 e. The fourth-order valence-corrected chi connectivity index (χ4v) is 5.35. The second-order valence-electron chi connectivity index (χ2n) is 8.85. The summed E-state index contributed by atoms with van der Waals surface area (Å²) < 4.78 is 9.49. The Morgan fingerprint density at radius 3 is 2.66 bits per heavy atom. The molecule has 1 fully saturated rings. The number of benzene rings is 1. The standard InChI is InChI=1S/C24H30N6O2/c1-18(31)30-12-11-29-22(20-14-26-27(2)17-20)15-25-23(29)24(30)7-9-28(10-8-24)16-19-5-4-6-21(13-19)32-3/h4-6,13-15,17H,7-12,16H2,1-3H3. The first-order chi connectivity index (χ1) is 15.5. The number of carbonyl (C=O) groups excluding carboxylic acids is 1. The van der Waals surface area contributed by atoms with Crippen molar-refractivity contribution in [2.75, 3.05) is 26.7 Å². The third-order valence-corrected chi connectivity index (χ3v) is 6.94. The molecule has 0 N–H and O–H groups in total. The number of hydrogen-bond acceptors (Lipinski definition) is 5. The van der Waals surface area contributed by atoms with Crippen LogP contribution in [0.5, 0.6) is 5.75 Å². The average Bonchev–Trinajstić information content (AvgIpc) is 3.42. The van der Waals surface area contributed by atoms with Crippen LogP contribution in [0.4, 0.5) is 0 Å². The van der Waals surface area contributed by atoms with Crippen LogP contribution in [-0.4, -0.2) is 61.8 Å². The minimum atomic E-state index is -0.352. The monoisotopic (exact) mass is 434 g/mol. The second kappa shape index (κ2) is 8.09. The van der Waals surface area contributed by atoms with Crippen molar-refractivity contribution in [1.82, 2.24) is 29.1 Å². The van der Waals surface area contributed by atoms with Crippen molar-refractivity contribution in [1.29, 1.82) is 0 Å². The van der Waals surface area contributed by atoms with Gasteiger partial charge in [0.1, 0.15) is 17.1 Å². The summed E-state index contributed by atoms with van der Waals surface area (Å²) in [5, 5.41) is 4.33. The van der Waals surface area contributed by atoms with Crippen molar-refractivity contribution in [3.8, 4) is 17.0 Å². The summed E-state index contributed by atoms with van der Waals surface area (Å²) in [5.41, 5.74) is 3.03. The predicted molar refractivity (Wildman–Crippen MR) is 121 cm³/mol. The van der Waals surface area contributed by atoms with Gasteiger partial charge in [-0.3, -0.25) is 14.4 Å². The first-order valence-electron chi connectivity index (χ1n) is 11.2. The van der Waals surface area contributed by atoms with Gasteiger partial charge in [-0.2, -0.15) is 5.10 Å². The van der Waals surface area contributed by atoms with Crippen LogP contribution in [-0.2, 0) is 30.5 Å². The van der Waals surface area contributed by atoms with E-state index in [2.05, 4.69) is 31.6 Å². The second-order valence-corrected chi connectivity index (χ2v) is 8.85. The summed E-state index contributed by atoms with van der Waals surface area (Å²) in [6.07, 6.45) is 7.59. The highest BCUT2D eigenvalue weighted by Gasteiger charge is 2.48. The molecule has 0 aliphatic carbocycles. The Morgan fingerprint density at radius 2 is 1.97 bits per heavy atom. The number of nitrogens with zero attached hydrogens (tertiary/aromatic N) is 6. The van der Waals surface area contributed by atoms with Crippen LogP contribution < -0.4 is 4.74 Å². The largest absolute Gasteiger partial charge is 0.497 e. The topological polar surface area (TPSA) is 68.4 Å². The molecule has 1 aromatic carbocycles. The summed E-state index contributed by atoms with van der Waals surface area (Å²) in [5.74, 6) is 2.03. The van der Waals surface area contributed by atoms with Gasteiger partial charge in [-0.15, -0.1) is 0 Å². The lowest BCUT2D eigenvalue weighted by atomic mass is 9.83. The molecule has 0 bridgehead atoms. The highest BCUT2D eigenvalue weighted by Crippen LogP contribution is 2.42. The van der Waals surface area contributed by atoms with Gasteiger partial charge in [0.05, 0.1) is 25.2 Å². The number of piperidine rings is 1. The van der Waals surface area contributed by atoms with Crippen molar-refractivity contribution in [2.45, 2.75) is 38.4 Å². The van der Waals surface area contributed by atoms with Crippen molar-refractivity contribution in [3.63, 3.8) is 0 Å². The van der Waals surface area contributed by atoms with E-state index in [1.807, 2.05) is 42.5 Å². The zero-order valence-electron chi connectivity index (χ0n) is 19.0. The molecule has 168 valence electrons. The van der Waals surface area contributed by atoms with Crippen LogP contribution in [0.2, 0.25) is 0 Å². The summed E-state index contributed by atoms with van der Waals surface area (Å²) in [6, 6.07) is 8.25. The SMILES string of the molecule is COc1cccc(CN2CCC3(CC2)c2ncc(-c4cnn(C)c4)n2CCN3C(C)=O)c1. The highest BCUT2D eigenvalue weighted by molar-refractivity contribution is 5.75. The molecule has 2 aliphatic heterocycles. The van der Waals surface area contributed by atoms with Gasteiger partial charge in [-0.25, -0.2) is 4.98 Å². The molecule has 1 saturated heterocycles. The van der Waals surface area contributed by atoms with Crippen molar-refractivity contribution >= 4 is 5.91 Å². The third-order valence-electron chi connectivity index (χ3n) is 6.94. The minimum absolute atomic E-state index is 0.128. The molecule has 0 saturated carbocycles. The Morgan fingerprint density at radius 1 is 1.16 bits per heavy atom. The minimum Gasteiger partial charge on any atom is -0.497 e. The number of hydrogen-bond donors (Lipinski definition) is 0. The number of methoxy groups -OCH3 is 1. The molecular formula is C24H30N6O2. The van der Waals surface area contributed by atoms with Gasteiger partial charge >= 0.3 is 0 Å². The maximum atomic E-state index is 12.7. The number of aromatic nitrogens is 4. The van der Waals surface area contributed by atoms with E-state index < -0.39 is 0 Å². The van der Waals surface area contributed by atoms with Crippen LogP contribution in [0.1, 0.15) is 31.2 Å². The summed E-state index contributed by atoms with van der Waals surface area (Å²) >= 11 is 0. The number of aryl methyl sites for hydroxylation is 1. The molecule has 0 atom stereocenters. The van der Waals surface area contributed by atoms with E-state index in [9.17, 15) is 4.79 Å². The fourth-order valence-electron chi connectivity index (χ4n) is 5.35. The zero-order valence-corrected chi connectivity index (χ0v) is 19.0. The number of amides is 1. The zero-order chi connectivity index (χ0) is 22.3. The lowest BCUT2D eigenvalue weighted by Gasteiger charge is -2.50. The van der Waals surface area contributed by atoms with Gasteiger partial charge in [0.25, 0.3) is 0 Å². The Hall–Kier alpha value is -3.13. The highest BCUT2D eigenvalue weighted by atomic mass is 16.5. The van der Waals surface area contributed by atoms with Crippen molar-refractivity contribution in [2.24, 2.45) is 7.05 Å². The average molecular weight is 435 g/mol.